The van der Waals surface area contributed by atoms with Gasteiger partial charge in [0.15, 0.2) is 5.82 Å². The summed E-state index contributed by atoms with van der Waals surface area (Å²) in [6.07, 6.45) is 3.38. The molecule has 0 aliphatic heterocycles. The van der Waals surface area contributed by atoms with Gasteiger partial charge in [-0.2, -0.15) is 0 Å². The summed E-state index contributed by atoms with van der Waals surface area (Å²) in [5.41, 5.74) is -1.11. The van der Waals surface area contributed by atoms with E-state index in [4.69, 9.17) is 0 Å². The van der Waals surface area contributed by atoms with Gasteiger partial charge in [0.25, 0.3) is 0 Å². The van der Waals surface area contributed by atoms with E-state index in [2.05, 4.69) is 25.9 Å². The predicted octanol–water partition coefficient (Wildman–Crippen LogP) is 0.790. The first-order chi connectivity index (χ1) is 6.10. The molecule has 1 aliphatic carbocycles. The normalized spacial score (nSPS) is 19.7. The van der Waals surface area contributed by atoms with Gasteiger partial charge >= 0.3 is 0 Å². The number of Topliss-reactive ketones (excluding diaryl/α,β-unsaturated/α-hetero) is 1. The Morgan fingerprint density at radius 1 is 1.38 bits per heavy atom. The van der Waals surface area contributed by atoms with Crippen LogP contribution in [-0.4, -0.2) is 20.9 Å². The first kappa shape index (κ1) is 8.77. The predicted molar refractivity (Wildman–Crippen MR) is 47.9 cm³/mol. The summed E-state index contributed by atoms with van der Waals surface area (Å²) in [5, 5.41) is 9.78. The average Bonchev–Trinajstić information content (AvgIpc) is 2.03. The molecule has 1 N–H and O–H groups in total. The fraction of sp³-hybridized carbons (Fsp3) is 0.375. The van der Waals surface area contributed by atoms with Crippen molar-refractivity contribution in [1.82, 2.24) is 9.97 Å². The molecule has 1 heterocycles. The second-order valence-electron chi connectivity index (χ2n) is 3.15. The standard InChI is InChI=1S/C8H7BrN2O2/c9-5-3-10-7(11-4-5)8(13)1-6(12)2-8/h3-4,13H,1-2H2. The lowest BCUT2D eigenvalue weighted by molar-refractivity contribution is -0.144. The Labute approximate surface area is 83.1 Å². The molecule has 4 nitrogen and oxygen atoms in total. The smallest absolute Gasteiger partial charge is 0.160 e. The quantitative estimate of drug-likeness (QED) is 0.791. The van der Waals surface area contributed by atoms with Crippen LogP contribution in [-0.2, 0) is 10.4 Å². The number of ketones is 1. The van der Waals surface area contributed by atoms with Crippen molar-refractivity contribution in [1.29, 1.82) is 0 Å². The molecule has 5 heteroatoms. The van der Waals surface area contributed by atoms with Crippen LogP contribution in [0.25, 0.3) is 0 Å². The van der Waals surface area contributed by atoms with Crippen LogP contribution in [0.3, 0.4) is 0 Å². The second kappa shape index (κ2) is 2.85. The van der Waals surface area contributed by atoms with Crippen molar-refractivity contribution >= 4 is 21.7 Å². The Balaban J connectivity index is 2.26. The maximum Gasteiger partial charge on any atom is 0.160 e. The minimum atomic E-state index is -1.11. The zero-order valence-corrected chi connectivity index (χ0v) is 8.28. The van der Waals surface area contributed by atoms with E-state index in [0.717, 1.165) is 4.47 Å². The molecule has 2 rings (SSSR count). The molecule has 13 heavy (non-hydrogen) atoms. The van der Waals surface area contributed by atoms with E-state index < -0.39 is 5.60 Å². The van der Waals surface area contributed by atoms with E-state index in [1.165, 1.54) is 0 Å². The molecular weight excluding hydrogens is 236 g/mol. The minimum absolute atomic E-state index is 0.0500. The Morgan fingerprint density at radius 2 is 1.92 bits per heavy atom. The van der Waals surface area contributed by atoms with E-state index in [-0.39, 0.29) is 18.6 Å². The molecule has 0 aromatic carbocycles. The molecule has 0 atom stereocenters. The molecule has 0 bridgehead atoms. The minimum Gasteiger partial charge on any atom is -0.381 e. The topological polar surface area (TPSA) is 63.1 Å². The van der Waals surface area contributed by atoms with Gasteiger partial charge in [-0.25, -0.2) is 9.97 Å². The zero-order chi connectivity index (χ0) is 9.47. The van der Waals surface area contributed by atoms with Crippen molar-refractivity contribution in [3.8, 4) is 0 Å². The Kier molecular flexibility index (Phi) is 1.92. The van der Waals surface area contributed by atoms with Gasteiger partial charge in [-0.15, -0.1) is 0 Å². The Morgan fingerprint density at radius 3 is 2.38 bits per heavy atom. The van der Waals surface area contributed by atoms with Crippen molar-refractivity contribution in [2.45, 2.75) is 18.4 Å². The summed E-state index contributed by atoms with van der Waals surface area (Å²) in [6.45, 7) is 0. The van der Waals surface area contributed by atoms with Gasteiger partial charge in [0.1, 0.15) is 11.4 Å². The van der Waals surface area contributed by atoms with E-state index in [1.54, 1.807) is 12.4 Å². The van der Waals surface area contributed by atoms with Gasteiger partial charge in [-0.3, -0.25) is 4.79 Å². The van der Waals surface area contributed by atoms with Crippen molar-refractivity contribution in [2.75, 3.05) is 0 Å². The molecule has 1 aromatic heterocycles. The molecule has 1 saturated carbocycles. The maximum atomic E-state index is 10.7. The summed E-state index contributed by atoms with van der Waals surface area (Å²) in [4.78, 5) is 18.6. The number of hydrogen-bond donors (Lipinski definition) is 1. The van der Waals surface area contributed by atoms with E-state index in [0.29, 0.717) is 5.82 Å². The molecule has 0 spiro atoms. The SMILES string of the molecule is O=C1CC(O)(c2ncc(Br)cn2)C1. The highest BCUT2D eigenvalue weighted by Gasteiger charge is 2.45. The Bertz CT molecular complexity index is 342. The van der Waals surface area contributed by atoms with Gasteiger partial charge in [0.05, 0.1) is 4.47 Å². The molecule has 0 unspecified atom stereocenters. The number of rotatable bonds is 1. The summed E-state index contributed by atoms with van der Waals surface area (Å²) in [5.74, 6) is 0.379. The van der Waals surface area contributed by atoms with E-state index in [1.807, 2.05) is 0 Å². The van der Waals surface area contributed by atoms with Crippen molar-refractivity contribution < 1.29 is 9.90 Å². The van der Waals surface area contributed by atoms with Crippen LogP contribution in [0.5, 0.6) is 0 Å². The molecular formula is C8H7BrN2O2. The number of aromatic nitrogens is 2. The van der Waals surface area contributed by atoms with Crippen LogP contribution in [0.2, 0.25) is 0 Å². The van der Waals surface area contributed by atoms with Crippen molar-refractivity contribution in [3.05, 3.63) is 22.7 Å². The lowest BCUT2D eigenvalue weighted by Crippen LogP contribution is -2.42. The monoisotopic (exact) mass is 242 g/mol. The fourth-order valence-electron chi connectivity index (χ4n) is 1.31. The summed E-state index contributed by atoms with van der Waals surface area (Å²) in [7, 11) is 0. The molecule has 1 fully saturated rings. The van der Waals surface area contributed by atoms with Crippen LogP contribution in [0.1, 0.15) is 18.7 Å². The number of halogens is 1. The third-order valence-corrected chi connectivity index (χ3v) is 2.43. The first-order valence-electron chi connectivity index (χ1n) is 3.82. The zero-order valence-electron chi connectivity index (χ0n) is 6.70. The van der Waals surface area contributed by atoms with Gasteiger partial charge in [-0.1, -0.05) is 0 Å². The summed E-state index contributed by atoms with van der Waals surface area (Å²) >= 11 is 3.19. The number of aliphatic hydroxyl groups is 1. The molecule has 1 aliphatic rings. The first-order valence-corrected chi connectivity index (χ1v) is 4.61. The summed E-state index contributed by atoms with van der Waals surface area (Å²) in [6, 6.07) is 0. The maximum absolute atomic E-state index is 10.7. The highest BCUT2D eigenvalue weighted by atomic mass is 79.9. The van der Waals surface area contributed by atoms with E-state index in [9.17, 15) is 9.90 Å². The number of carbonyl (C=O) groups excluding carboxylic acids is 1. The van der Waals surface area contributed by atoms with E-state index >= 15 is 0 Å². The lowest BCUT2D eigenvalue weighted by Gasteiger charge is -2.33. The Hall–Kier alpha value is -0.810. The largest absolute Gasteiger partial charge is 0.381 e. The second-order valence-corrected chi connectivity index (χ2v) is 4.06. The molecule has 0 radical (unpaired) electrons. The average molecular weight is 243 g/mol. The van der Waals surface area contributed by atoms with Crippen LogP contribution >= 0.6 is 15.9 Å². The summed E-state index contributed by atoms with van der Waals surface area (Å²) < 4.78 is 0.755. The van der Waals surface area contributed by atoms with Crippen LogP contribution in [0, 0.1) is 0 Å². The van der Waals surface area contributed by atoms with Gasteiger partial charge in [0, 0.05) is 25.2 Å². The molecule has 1 aromatic rings. The van der Waals surface area contributed by atoms with Gasteiger partial charge in [0.2, 0.25) is 0 Å². The molecule has 0 saturated heterocycles. The lowest BCUT2D eigenvalue weighted by atomic mass is 9.78. The fourth-order valence-corrected chi connectivity index (χ4v) is 1.52. The van der Waals surface area contributed by atoms with Crippen molar-refractivity contribution in [3.63, 3.8) is 0 Å². The van der Waals surface area contributed by atoms with Crippen molar-refractivity contribution in [2.24, 2.45) is 0 Å². The number of carbonyl (C=O) groups is 1. The molecule has 68 valence electrons. The van der Waals surface area contributed by atoms with Crippen LogP contribution in [0.15, 0.2) is 16.9 Å². The third-order valence-electron chi connectivity index (χ3n) is 2.02. The van der Waals surface area contributed by atoms with Crippen LogP contribution in [0.4, 0.5) is 0 Å². The van der Waals surface area contributed by atoms with Crippen LogP contribution < -0.4 is 0 Å². The number of hydrogen-bond acceptors (Lipinski definition) is 4. The highest BCUT2D eigenvalue weighted by molar-refractivity contribution is 9.10. The van der Waals surface area contributed by atoms with Gasteiger partial charge < -0.3 is 5.11 Å². The van der Waals surface area contributed by atoms with Gasteiger partial charge in [-0.05, 0) is 15.9 Å². The third kappa shape index (κ3) is 1.49. The molecule has 0 amide bonds. The highest BCUT2D eigenvalue weighted by Crippen LogP contribution is 2.36. The number of nitrogens with zero attached hydrogens (tertiary/aromatic N) is 2.